The molecule has 0 aliphatic rings. The van der Waals surface area contributed by atoms with Crippen molar-refractivity contribution in [1.29, 1.82) is 0 Å². The van der Waals surface area contributed by atoms with Crippen LogP contribution in [0.15, 0.2) is 9.80 Å². The summed E-state index contributed by atoms with van der Waals surface area (Å²) in [7, 11) is 0. The number of hydrogen-bond acceptors (Lipinski definition) is 7. The van der Waals surface area contributed by atoms with E-state index in [4.69, 9.17) is 4.42 Å². The van der Waals surface area contributed by atoms with Crippen molar-refractivity contribution in [2.75, 3.05) is 6.54 Å². The van der Waals surface area contributed by atoms with E-state index in [-0.39, 0.29) is 0 Å². The lowest BCUT2D eigenvalue weighted by Gasteiger charge is -1.92. The fourth-order valence-corrected chi connectivity index (χ4v) is 1.35. The van der Waals surface area contributed by atoms with Crippen LogP contribution in [-0.2, 0) is 6.54 Å². The average molecular weight is 211 g/mol. The van der Waals surface area contributed by atoms with Crippen molar-refractivity contribution < 1.29 is 4.42 Å². The van der Waals surface area contributed by atoms with E-state index < -0.39 is 0 Å². The van der Waals surface area contributed by atoms with Gasteiger partial charge in [-0.25, -0.2) is 0 Å². The summed E-state index contributed by atoms with van der Waals surface area (Å²) in [5.74, 6) is 0.988. The molecule has 0 spiro atoms. The summed E-state index contributed by atoms with van der Waals surface area (Å²) in [6.07, 6.45) is 0. The smallest absolute Gasteiger partial charge is 0.269 e. The second kappa shape index (κ2) is 4.25. The maximum Gasteiger partial charge on any atom is 0.269 e. The molecule has 6 nitrogen and oxygen atoms in total. The standard InChI is InChI=1S/C7H9N5OS/c1-2-8-3-6-10-11-7(13-6)5-4-14-12-9-5/h4,8H,2-3H2,1H3. The monoisotopic (exact) mass is 211 g/mol. The van der Waals surface area contributed by atoms with E-state index >= 15 is 0 Å². The molecule has 0 saturated heterocycles. The molecule has 0 unspecified atom stereocenters. The molecule has 1 N–H and O–H groups in total. The van der Waals surface area contributed by atoms with Crippen LogP contribution in [0.2, 0.25) is 0 Å². The highest BCUT2D eigenvalue weighted by Crippen LogP contribution is 2.15. The largest absolute Gasteiger partial charge is 0.418 e. The van der Waals surface area contributed by atoms with Crippen LogP contribution >= 0.6 is 11.5 Å². The molecule has 0 fully saturated rings. The first kappa shape index (κ1) is 9.22. The van der Waals surface area contributed by atoms with Crippen molar-refractivity contribution in [2.45, 2.75) is 13.5 Å². The van der Waals surface area contributed by atoms with Crippen LogP contribution in [0.5, 0.6) is 0 Å². The van der Waals surface area contributed by atoms with Gasteiger partial charge in [0.15, 0.2) is 5.69 Å². The van der Waals surface area contributed by atoms with Crippen molar-refractivity contribution in [1.82, 2.24) is 25.1 Å². The normalized spacial score (nSPS) is 10.6. The molecular weight excluding hydrogens is 202 g/mol. The number of aromatic nitrogens is 4. The molecule has 0 aliphatic carbocycles. The first-order valence-electron chi connectivity index (χ1n) is 4.20. The van der Waals surface area contributed by atoms with Gasteiger partial charge in [0.05, 0.1) is 6.54 Å². The minimum Gasteiger partial charge on any atom is -0.418 e. The van der Waals surface area contributed by atoms with E-state index in [9.17, 15) is 0 Å². The molecule has 2 heterocycles. The van der Waals surface area contributed by atoms with Crippen molar-refractivity contribution in [3.8, 4) is 11.6 Å². The summed E-state index contributed by atoms with van der Waals surface area (Å²) in [4.78, 5) is 0. The highest BCUT2D eigenvalue weighted by Gasteiger charge is 2.09. The minimum absolute atomic E-state index is 0.423. The molecule has 0 atom stereocenters. The third-order valence-electron chi connectivity index (χ3n) is 1.57. The van der Waals surface area contributed by atoms with Crippen LogP contribution in [0.4, 0.5) is 0 Å². The number of rotatable bonds is 4. The van der Waals surface area contributed by atoms with Crippen molar-refractivity contribution >= 4 is 11.5 Å². The molecule has 14 heavy (non-hydrogen) atoms. The van der Waals surface area contributed by atoms with Gasteiger partial charge in [-0.3, -0.25) is 0 Å². The second-order valence-corrected chi connectivity index (χ2v) is 3.18. The first-order valence-corrected chi connectivity index (χ1v) is 5.04. The fraction of sp³-hybridized carbons (Fsp3) is 0.429. The minimum atomic E-state index is 0.423. The molecule has 0 aromatic carbocycles. The van der Waals surface area contributed by atoms with Crippen LogP contribution in [0.1, 0.15) is 12.8 Å². The zero-order valence-corrected chi connectivity index (χ0v) is 8.41. The zero-order chi connectivity index (χ0) is 9.80. The van der Waals surface area contributed by atoms with E-state index in [2.05, 4.69) is 25.1 Å². The summed E-state index contributed by atoms with van der Waals surface area (Å²) in [6.45, 7) is 3.47. The molecule has 74 valence electrons. The molecule has 0 radical (unpaired) electrons. The van der Waals surface area contributed by atoms with Crippen molar-refractivity contribution in [3.05, 3.63) is 11.3 Å². The van der Waals surface area contributed by atoms with Gasteiger partial charge in [0.1, 0.15) is 0 Å². The first-order chi connectivity index (χ1) is 6.90. The highest BCUT2D eigenvalue weighted by atomic mass is 32.1. The van der Waals surface area contributed by atoms with Gasteiger partial charge in [-0.1, -0.05) is 11.4 Å². The number of nitrogens with zero attached hydrogens (tertiary/aromatic N) is 4. The van der Waals surface area contributed by atoms with Gasteiger partial charge in [-0.15, -0.1) is 15.3 Å². The van der Waals surface area contributed by atoms with Crippen LogP contribution < -0.4 is 5.32 Å². The number of nitrogens with one attached hydrogen (secondary N) is 1. The maximum atomic E-state index is 5.35. The van der Waals surface area contributed by atoms with Crippen LogP contribution in [0, 0.1) is 0 Å². The van der Waals surface area contributed by atoms with Gasteiger partial charge >= 0.3 is 0 Å². The third-order valence-corrected chi connectivity index (χ3v) is 2.08. The molecule has 0 aliphatic heterocycles. The van der Waals surface area contributed by atoms with Crippen molar-refractivity contribution in [2.24, 2.45) is 0 Å². The van der Waals surface area contributed by atoms with E-state index in [1.165, 1.54) is 11.5 Å². The molecule has 2 aromatic rings. The lowest BCUT2D eigenvalue weighted by atomic mass is 10.5. The molecule has 2 rings (SSSR count). The lowest BCUT2D eigenvalue weighted by molar-refractivity contribution is 0.481. The Labute approximate surface area is 84.5 Å². The van der Waals surface area contributed by atoms with Crippen molar-refractivity contribution in [3.63, 3.8) is 0 Å². The SMILES string of the molecule is CCNCc1nnc(-c2csnn2)o1. The van der Waals surface area contributed by atoms with Gasteiger partial charge in [-0.2, -0.15) is 0 Å². The van der Waals surface area contributed by atoms with E-state index in [0.29, 0.717) is 24.0 Å². The highest BCUT2D eigenvalue weighted by molar-refractivity contribution is 7.03. The molecule has 7 heteroatoms. The van der Waals surface area contributed by atoms with Gasteiger partial charge < -0.3 is 9.73 Å². The van der Waals surface area contributed by atoms with E-state index in [0.717, 1.165) is 6.54 Å². The predicted octanol–water partition coefficient (Wildman–Crippen LogP) is 0.698. The topological polar surface area (TPSA) is 76.7 Å². The predicted molar refractivity (Wildman–Crippen MR) is 50.6 cm³/mol. The number of hydrogen-bond donors (Lipinski definition) is 1. The summed E-state index contributed by atoms with van der Waals surface area (Å²) >= 11 is 1.26. The van der Waals surface area contributed by atoms with E-state index in [1.54, 1.807) is 5.38 Å². The Morgan fingerprint density at radius 2 is 2.36 bits per heavy atom. The van der Waals surface area contributed by atoms with Gasteiger partial charge in [0, 0.05) is 5.38 Å². The molecule has 2 aromatic heterocycles. The Hall–Kier alpha value is -1.34. The van der Waals surface area contributed by atoms with Crippen LogP contribution in [0.25, 0.3) is 11.6 Å². The Bertz CT molecular complexity index is 384. The second-order valence-electron chi connectivity index (χ2n) is 2.57. The summed E-state index contributed by atoms with van der Waals surface area (Å²) in [6, 6.07) is 0. The summed E-state index contributed by atoms with van der Waals surface area (Å²) in [5.41, 5.74) is 0.630. The molecule has 0 bridgehead atoms. The Balaban J connectivity index is 2.10. The summed E-state index contributed by atoms with van der Waals surface area (Å²) < 4.78 is 9.07. The maximum absolute atomic E-state index is 5.35. The van der Waals surface area contributed by atoms with Crippen LogP contribution in [0.3, 0.4) is 0 Å². The molecular formula is C7H9N5OS. The Morgan fingerprint density at radius 3 is 3.07 bits per heavy atom. The van der Waals surface area contributed by atoms with Gasteiger partial charge in [0.25, 0.3) is 5.89 Å². The molecule has 0 amide bonds. The Morgan fingerprint density at radius 1 is 1.43 bits per heavy atom. The lowest BCUT2D eigenvalue weighted by Crippen LogP contribution is -2.11. The molecule has 0 saturated carbocycles. The van der Waals surface area contributed by atoms with Crippen LogP contribution in [-0.4, -0.2) is 26.3 Å². The Kier molecular flexibility index (Phi) is 2.80. The van der Waals surface area contributed by atoms with Gasteiger partial charge in [0.2, 0.25) is 5.89 Å². The quantitative estimate of drug-likeness (QED) is 0.802. The van der Waals surface area contributed by atoms with Gasteiger partial charge in [-0.05, 0) is 18.1 Å². The van der Waals surface area contributed by atoms with E-state index in [1.807, 2.05) is 6.92 Å². The fourth-order valence-electron chi connectivity index (χ4n) is 0.918. The average Bonchev–Trinajstić information content (AvgIpc) is 2.85. The third kappa shape index (κ3) is 1.94. The zero-order valence-electron chi connectivity index (χ0n) is 7.60. The summed E-state index contributed by atoms with van der Waals surface area (Å²) in [5, 5.41) is 16.4.